The topological polar surface area (TPSA) is 29.5 Å². The van der Waals surface area contributed by atoms with Crippen molar-refractivity contribution >= 4 is 23.2 Å². The van der Waals surface area contributed by atoms with Crippen molar-refractivity contribution in [2.45, 2.75) is 25.1 Å². The molecule has 1 aliphatic heterocycles. The van der Waals surface area contributed by atoms with E-state index >= 15 is 0 Å². The minimum absolute atomic E-state index is 0.0128. The van der Waals surface area contributed by atoms with Gasteiger partial charge in [0, 0.05) is 12.1 Å². The van der Waals surface area contributed by atoms with Crippen molar-refractivity contribution < 1.29 is 9.53 Å². The highest BCUT2D eigenvalue weighted by molar-refractivity contribution is 6.33. The van der Waals surface area contributed by atoms with Crippen molar-refractivity contribution in [1.29, 1.82) is 0 Å². The molecule has 4 heteroatoms. The Morgan fingerprint density at radius 2 is 2.35 bits per heavy atom. The van der Waals surface area contributed by atoms with Crippen LogP contribution in [0.25, 0.3) is 0 Å². The van der Waals surface area contributed by atoms with Gasteiger partial charge in [0.1, 0.15) is 11.1 Å². The van der Waals surface area contributed by atoms with Gasteiger partial charge in [0.25, 0.3) is 0 Å². The molecule has 1 atom stereocenters. The van der Waals surface area contributed by atoms with Crippen LogP contribution in [0.1, 0.15) is 18.9 Å². The lowest BCUT2D eigenvalue weighted by atomic mass is 10.1. The van der Waals surface area contributed by atoms with Gasteiger partial charge in [-0.05, 0) is 25.0 Å². The van der Waals surface area contributed by atoms with Crippen LogP contribution in [0, 0.1) is 0 Å². The number of nitrogens with zero attached hydrogens (tertiary/aromatic N) is 1. The minimum Gasteiger partial charge on any atom is -0.496 e. The lowest BCUT2D eigenvalue weighted by Gasteiger charge is -2.20. The Morgan fingerprint density at radius 3 is 3.00 bits per heavy atom. The van der Waals surface area contributed by atoms with Gasteiger partial charge in [-0.15, -0.1) is 11.6 Å². The van der Waals surface area contributed by atoms with Crippen molar-refractivity contribution in [3.05, 3.63) is 23.8 Å². The number of fused-ring (bicyclic) bond motifs is 1. The highest BCUT2D eigenvalue weighted by Gasteiger charge is 2.29. The molecule has 0 saturated carbocycles. The highest BCUT2D eigenvalue weighted by Crippen LogP contribution is 2.35. The van der Waals surface area contributed by atoms with Gasteiger partial charge >= 0.3 is 0 Å². The lowest BCUT2D eigenvalue weighted by molar-refractivity contribution is -0.118. The molecule has 0 spiro atoms. The number of rotatable bonds is 3. The fourth-order valence-corrected chi connectivity index (χ4v) is 2.28. The first-order chi connectivity index (χ1) is 8.19. The quantitative estimate of drug-likeness (QED) is 0.775. The average Bonchev–Trinajstić information content (AvgIpc) is 2.80. The maximum absolute atomic E-state index is 12.1. The molecule has 1 amide bonds. The molecule has 1 aromatic rings. The number of hydrogen-bond acceptors (Lipinski definition) is 2. The molecule has 0 aromatic heterocycles. The number of hydrogen-bond donors (Lipinski definition) is 0. The summed E-state index contributed by atoms with van der Waals surface area (Å²) in [5.41, 5.74) is 2.04. The number of halogens is 1. The van der Waals surface area contributed by atoms with Gasteiger partial charge in [0.2, 0.25) is 5.91 Å². The van der Waals surface area contributed by atoms with E-state index in [-0.39, 0.29) is 5.91 Å². The number of anilines is 1. The standard InChI is InChI=1S/C13H16ClNO2/c1-3-10(14)13(16)15-8-7-9-11(15)5-4-6-12(9)17-2/h4-6,10H,3,7-8H2,1-2H3/t10-/m0/s1. The van der Waals surface area contributed by atoms with Crippen molar-refractivity contribution in [1.82, 2.24) is 0 Å². The van der Waals surface area contributed by atoms with E-state index in [4.69, 9.17) is 16.3 Å². The number of carbonyl (C=O) groups is 1. The van der Waals surface area contributed by atoms with Gasteiger partial charge in [-0.25, -0.2) is 0 Å². The van der Waals surface area contributed by atoms with E-state index in [0.29, 0.717) is 13.0 Å². The fourth-order valence-electron chi connectivity index (χ4n) is 2.17. The Hall–Kier alpha value is -1.22. The molecule has 1 heterocycles. The molecular formula is C13H16ClNO2. The summed E-state index contributed by atoms with van der Waals surface area (Å²) in [5, 5.41) is -0.438. The number of methoxy groups -OCH3 is 1. The number of carbonyl (C=O) groups excluding carboxylic acids is 1. The van der Waals surface area contributed by atoms with Gasteiger partial charge < -0.3 is 9.64 Å². The second-order valence-corrected chi connectivity index (χ2v) is 4.60. The summed E-state index contributed by atoms with van der Waals surface area (Å²) >= 11 is 6.01. The molecule has 3 nitrogen and oxygen atoms in total. The Balaban J connectivity index is 2.31. The summed E-state index contributed by atoms with van der Waals surface area (Å²) in [6.07, 6.45) is 1.48. The number of ether oxygens (including phenoxy) is 1. The van der Waals surface area contributed by atoms with Crippen LogP contribution in [-0.4, -0.2) is 24.9 Å². The molecule has 0 aliphatic carbocycles. The second-order valence-electron chi connectivity index (χ2n) is 4.07. The van der Waals surface area contributed by atoms with Gasteiger partial charge in [-0.1, -0.05) is 13.0 Å². The van der Waals surface area contributed by atoms with Gasteiger partial charge in [0.15, 0.2) is 0 Å². The van der Waals surface area contributed by atoms with E-state index in [2.05, 4.69) is 0 Å². The van der Waals surface area contributed by atoms with Crippen molar-refractivity contribution in [3.63, 3.8) is 0 Å². The Bertz CT molecular complexity index is 433. The number of alkyl halides is 1. The Kier molecular flexibility index (Phi) is 3.57. The third-order valence-electron chi connectivity index (χ3n) is 3.10. The normalized spacial score (nSPS) is 15.6. The zero-order valence-electron chi connectivity index (χ0n) is 10.1. The van der Waals surface area contributed by atoms with Crippen molar-refractivity contribution in [2.75, 3.05) is 18.6 Å². The molecule has 1 aromatic carbocycles. The zero-order valence-corrected chi connectivity index (χ0v) is 10.8. The van der Waals surface area contributed by atoms with Crippen LogP contribution in [0.3, 0.4) is 0 Å². The summed E-state index contributed by atoms with van der Waals surface area (Å²) in [5.74, 6) is 0.835. The monoisotopic (exact) mass is 253 g/mol. The third-order valence-corrected chi connectivity index (χ3v) is 3.59. The largest absolute Gasteiger partial charge is 0.496 e. The van der Waals surface area contributed by atoms with Gasteiger partial charge in [-0.3, -0.25) is 4.79 Å². The fraction of sp³-hybridized carbons (Fsp3) is 0.462. The first-order valence-corrected chi connectivity index (χ1v) is 6.24. The highest BCUT2D eigenvalue weighted by atomic mass is 35.5. The van der Waals surface area contributed by atoms with Crippen LogP contribution in [0.4, 0.5) is 5.69 Å². The van der Waals surface area contributed by atoms with E-state index in [9.17, 15) is 4.79 Å². The molecule has 0 fully saturated rings. The molecular weight excluding hydrogens is 238 g/mol. The van der Waals surface area contributed by atoms with E-state index in [0.717, 1.165) is 23.4 Å². The van der Waals surface area contributed by atoms with Crippen LogP contribution in [-0.2, 0) is 11.2 Å². The number of amides is 1. The molecule has 17 heavy (non-hydrogen) atoms. The molecule has 0 unspecified atom stereocenters. The molecule has 0 N–H and O–H groups in total. The van der Waals surface area contributed by atoms with Crippen LogP contribution in [0.5, 0.6) is 5.75 Å². The van der Waals surface area contributed by atoms with Gasteiger partial charge in [0.05, 0.1) is 12.8 Å². The predicted octanol–water partition coefficient (Wildman–Crippen LogP) is 2.60. The maximum atomic E-state index is 12.1. The van der Waals surface area contributed by atoms with Crippen LogP contribution >= 0.6 is 11.6 Å². The maximum Gasteiger partial charge on any atom is 0.245 e. The van der Waals surface area contributed by atoms with E-state index in [1.54, 1.807) is 12.0 Å². The van der Waals surface area contributed by atoms with Crippen LogP contribution < -0.4 is 9.64 Å². The van der Waals surface area contributed by atoms with Crippen LogP contribution in [0.2, 0.25) is 0 Å². The minimum atomic E-state index is -0.438. The zero-order chi connectivity index (χ0) is 12.4. The summed E-state index contributed by atoms with van der Waals surface area (Å²) < 4.78 is 5.30. The summed E-state index contributed by atoms with van der Waals surface area (Å²) in [6, 6.07) is 5.77. The van der Waals surface area contributed by atoms with Crippen molar-refractivity contribution in [3.8, 4) is 5.75 Å². The third kappa shape index (κ3) is 2.12. The first-order valence-electron chi connectivity index (χ1n) is 5.80. The van der Waals surface area contributed by atoms with E-state index in [1.807, 2.05) is 25.1 Å². The summed E-state index contributed by atoms with van der Waals surface area (Å²) in [6.45, 7) is 2.61. The summed E-state index contributed by atoms with van der Waals surface area (Å²) in [4.78, 5) is 13.9. The van der Waals surface area contributed by atoms with E-state index in [1.165, 1.54) is 0 Å². The molecule has 0 saturated heterocycles. The number of benzene rings is 1. The molecule has 92 valence electrons. The molecule has 0 bridgehead atoms. The summed E-state index contributed by atoms with van der Waals surface area (Å²) in [7, 11) is 1.65. The smallest absolute Gasteiger partial charge is 0.245 e. The van der Waals surface area contributed by atoms with Crippen molar-refractivity contribution in [2.24, 2.45) is 0 Å². The van der Waals surface area contributed by atoms with Gasteiger partial charge in [-0.2, -0.15) is 0 Å². The molecule has 2 rings (SSSR count). The first kappa shape index (κ1) is 12.2. The predicted molar refractivity (Wildman–Crippen MR) is 69.0 cm³/mol. The molecule has 1 aliphatic rings. The average molecular weight is 254 g/mol. The lowest BCUT2D eigenvalue weighted by Crippen LogP contribution is -2.35. The second kappa shape index (κ2) is 4.96. The SMILES string of the molecule is CC[C@H](Cl)C(=O)N1CCc2c(OC)cccc21. The van der Waals surface area contributed by atoms with Crippen LogP contribution in [0.15, 0.2) is 18.2 Å². The Labute approximate surface area is 106 Å². The molecule has 0 radical (unpaired) electrons. The Morgan fingerprint density at radius 1 is 1.59 bits per heavy atom. The van der Waals surface area contributed by atoms with E-state index < -0.39 is 5.38 Å².